The van der Waals surface area contributed by atoms with E-state index in [1.807, 2.05) is 31.2 Å². The van der Waals surface area contributed by atoms with Crippen LogP contribution in [0.2, 0.25) is 0 Å². The van der Waals surface area contributed by atoms with E-state index in [4.69, 9.17) is 0 Å². The Balaban J connectivity index is 2.72. The first-order chi connectivity index (χ1) is 6.74. The molecule has 2 aromatic rings. The molecule has 0 saturated heterocycles. The minimum absolute atomic E-state index is 0.214. The third kappa shape index (κ3) is 1.16. The lowest BCUT2D eigenvalue weighted by molar-refractivity contribution is 0.242. The van der Waals surface area contributed by atoms with Gasteiger partial charge in [0.15, 0.2) is 0 Å². The van der Waals surface area contributed by atoms with Crippen LogP contribution in [0.1, 0.15) is 5.69 Å². The molecule has 1 N–H and O–H groups in total. The summed E-state index contributed by atoms with van der Waals surface area (Å²) in [4.78, 5) is 11.4. The Bertz CT molecular complexity index is 487. The standard InChI is InChI=1S/C10H11N3O/c1-7-8-5-3-4-6-9(8)13(12-7)10(14)11-2/h3-6H,1-2H3,(H,11,14). The summed E-state index contributed by atoms with van der Waals surface area (Å²) in [5.41, 5.74) is 1.70. The van der Waals surface area contributed by atoms with Crippen LogP contribution >= 0.6 is 0 Å². The van der Waals surface area contributed by atoms with E-state index in [1.54, 1.807) is 7.05 Å². The van der Waals surface area contributed by atoms with Gasteiger partial charge >= 0.3 is 6.03 Å². The summed E-state index contributed by atoms with van der Waals surface area (Å²) in [6, 6.07) is 7.45. The molecule has 1 aromatic carbocycles. The summed E-state index contributed by atoms with van der Waals surface area (Å²) in [7, 11) is 1.59. The molecule has 14 heavy (non-hydrogen) atoms. The highest BCUT2D eigenvalue weighted by Gasteiger charge is 2.10. The van der Waals surface area contributed by atoms with Gasteiger partial charge in [-0.2, -0.15) is 9.78 Å². The van der Waals surface area contributed by atoms with Gasteiger partial charge in [-0.25, -0.2) is 4.79 Å². The molecular weight excluding hydrogens is 178 g/mol. The maximum absolute atomic E-state index is 11.4. The molecule has 1 heterocycles. The molecule has 2 rings (SSSR count). The zero-order valence-electron chi connectivity index (χ0n) is 8.11. The minimum Gasteiger partial charge on any atom is -0.339 e. The zero-order valence-corrected chi connectivity index (χ0v) is 8.11. The maximum Gasteiger partial charge on any atom is 0.342 e. The molecule has 72 valence electrons. The van der Waals surface area contributed by atoms with Crippen molar-refractivity contribution in [3.05, 3.63) is 30.0 Å². The lowest BCUT2D eigenvalue weighted by Crippen LogP contribution is -2.25. The molecule has 0 fully saturated rings. The van der Waals surface area contributed by atoms with Crippen molar-refractivity contribution in [1.29, 1.82) is 0 Å². The Hall–Kier alpha value is -1.84. The average molecular weight is 189 g/mol. The van der Waals surface area contributed by atoms with Gasteiger partial charge in [0.1, 0.15) is 0 Å². The van der Waals surface area contributed by atoms with Crippen molar-refractivity contribution in [1.82, 2.24) is 15.1 Å². The molecule has 0 atom stereocenters. The normalized spacial score (nSPS) is 10.4. The second-order valence-electron chi connectivity index (χ2n) is 3.07. The number of fused-ring (bicyclic) bond motifs is 1. The molecule has 0 aliphatic rings. The van der Waals surface area contributed by atoms with Crippen LogP contribution in [-0.2, 0) is 0 Å². The molecule has 4 nitrogen and oxygen atoms in total. The quantitative estimate of drug-likeness (QED) is 0.683. The van der Waals surface area contributed by atoms with Gasteiger partial charge in [0.05, 0.1) is 11.2 Å². The van der Waals surface area contributed by atoms with Crippen LogP contribution in [0.5, 0.6) is 0 Å². The first-order valence-electron chi connectivity index (χ1n) is 4.40. The van der Waals surface area contributed by atoms with E-state index in [2.05, 4.69) is 10.4 Å². The smallest absolute Gasteiger partial charge is 0.339 e. The van der Waals surface area contributed by atoms with Gasteiger partial charge < -0.3 is 5.32 Å². The molecule has 0 unspecified atom stereocenters. The van der Waals surface area contributed by atoms with E-state index in [-0.39, 0.29) is 6.03 Å². The van der Waals surface area contributed by atoms with Crippen molar-refractivity contribution in [2.24, 2.45) is 0 Å². The molecule has 0 bridgehead atoms. The number of benzene rings is 1. The highest BCUT2D eigenvalue weighted by Crippen LogP contribution is 2.16. The third-order valence-corrected chi connectivity index (χ3v) is 2.18. The van der Waals surface area contributed by atoms with Crippen molar-refractivity contribution < 1.29 is 4.79 Å². The fourth-order valence-electron chi connectivity index (χ4n) is 1.48. The SMILES string of the molecule is CNC(=O)n1nc(C)c2ccccc21. The van der Waals surface area contributed by atoms with Crippen LogP contribution in [0, 0.1) is 6.92 Å². The van der Waals surface area contributed by atoms with Gasteiger partial charge in [-0.15, -0.1) is 0 Å². The summed E-state index contributed by atoms with van der Waals surface area (Å²) in [5, 5.41) is 7.72. The molecular formula is C10H11N3O. The van der Waals surface area contributed by atoms with Gasteiger partial charge in [0.2, 0.25) is 0 Å². The van der Waals surface area contributed by atoms with E-state index >= 15 is 0 Å². The predicted molar refractivity (Wildman–Crippen MR) is 54.3 cm³/mol. The van der Waals surface area contributed by atoms with E-state index in [1.165, 1.54) is 4.68 Å². The molecule has 0 aliphatic heterocycles. The van der Waals surface area contributed by atoms with Crippen molar-refractivity contribution in [3.8, 4) is 0 Å². The van der Waals surface area contributed by atoms with E-state index in [9.17, 15) is 4.79 Å². The lowest BCUT2D eigenvalue weighted by Gasteiger charge is -1.99. The fourth-order valence-corrected chi connectivity index (χ4v) is 1.48. The molecule has 1 amide bonds. The third-order valence-electron chi connectivity index (χ3n) is 2.18. The second-order valence-corrected chi connectivity index (χ2v) is 3.07. The summed E-state index contributed by atoms with van der Waals surface area (Å²) in [6.07, 6.45) is 0. The maximum atomic E-state index is 11.4. The number of nitrogens with one attached hydrogen (secondary N) is 1. The van der Waals surface area contributed by atoms with Gasteiger partial charge in [0, 0.05) is 12.4 Å². The number of aromatic nitrogens is 2. The molecule has 0 aliphatic carbocycles. The number of para-hydroxylation sites is 1. The van der Waals surface area contributed by atoms with Crippen LogP contribution in [0.15, 0.2) is 24.3 Å². The molecule has 0 saturated carbocycles. The Morgan fingerprint density at radius 3 is 2.86 bits per heavy atom. The number of nitrogens with zero attached hydrogens (tertiary/aromatic N) is 2. The number of amides is 1. The Morgan fingerprint density at radius 1 is 1.43 bits per heavy atom. The summed E-state index contributed by atoms with van der Waals surface area (Å²) in [6.45, 7) is 1.89. The topological polar surface area (TPSA) is 46.9 Å². The van der Waals surface area contributed by atoms with Crippen molar-refractivity contribution >= 4 is 16.9 Å². The van der Waals surface area contributed by atoms with Crippen LogP contribution in [0.25, 0.3) is 10.9 Å². The predicted octanol–water partition coefficient (Wildman–Crippen LogP) is 1.53. The van der Waals surface area contributed by atoms with Crippen LogP contribution in [-0.4, -0.2) is 22.9 Å². The number of hydrogen-bond donors (Lipinski definition) is 1. The fraction of sp³-hybridized carbons (Fsp3) is 0.200. The van der Waals surface area contributed by atoms with E-state index < -0.39 is 0 Å². The van der Waals surface area contributed by atoms with Gasteiger partial charge in [-0.1, -0.05) is 18.2 Å². The summed E-state index contributed by atoms with van der Waals surface area (Å²) >= 11 is 0. The lowest BCUT2D eigenvalue weighted by atomic mass is 10.2. The average Bonchev–Trinajstić information content (AvgIpc) is 2.56. The van der Waals surface area contributed by atoms with Crippen molar-refractivity contribution in [3.63, 3.8) is 0 Å². The molecule has 0 spiro atoms. The Labute approximate surface area is 81.5 Å². The zero-order chi connectivity index (χ0) is 10.1. The summed E-state index contributed by atoms with van der Waals surface area (Å²) in [5.74, 6) is 0. The first-order valence-corrected chi connectivity index (χ1v) is 4.40. The number of aryl methyl sites for hydroxylation is 1. The van der Waals surface area contributed by atoms with Crippen LogP contribution in [0.4, 0.5) is 4.79 Å². The Morgan fingerprint density at radius 2 is 2.14 bits per heavy atom. The monoisotopic (exact) mass is 189 g/mol. The van der Waals surface area contributed by atoms with Crippen LogP contribution in [0.3, 0.4) is 0 Å². The second kappa shape index (κ2) is 3.14. The molecule has 4 heteroatoms. The number of carbonyl (C=O) groups is 1. The number of hydrogen-bond acceptors (Lipinski definition) is 2. The van der Waals surface area contributed by atoms with Gasteiger partial charge in [-0.3, -0.25) is 0 Å². The van der Waals surface area contributed by atoms with Crippen molar-refractivity contribution in [2.75, 3.05) is 7.05 Å². The Kier molecular flexibility index (Phi) is 1.96. The van der Waals surface area contributed by atoms with E-state index in [0.29, 0.717) is 0 Å². The van der Waals surface area contributed by atoms with Gasteiger partial charge in [0.25, 0.3) is 0 Å². The highest BCUT2D eigenvalue weighted by molar-refractivity contribution is 5.91. The highest BCUT2D eigenvalue weighted by atomic mass is 16.2. The largest absolute Gasteiger partial charge is 0.342 e. The summed E-state index contributed by atoms with van der Waals surface area (Å²) < 4.78 is 1.38. The number of rotatable bonds is 0. The first kappa shape index (κ1) is 8.74. The van der Waals surface area contributed by atoms with E-state index in [0.717, 1.165) is 16.6 Å². The van der Waals surface area contributed by atoms with Crippen molar-refractivity contribution in [2.45, 2.75) is 6.92 Å². The van der Waals surface area contributed by atoms with Crippen LogP contribution < -0.4 is 5.32 Å². The minimum atomic E-state index is -0.214. The number of carbonyl (C=O) groups excluding carboxylic acids is 1. The van der Waals surface area contributed by atoms with Gasteiger partial charge in [-0.05, 0) is 13.0 Å². The molecule has 1 aromatic heterocycles. The molecule has 0 radical (unpaired) electrons.